The molecule has 3 nitrogen and oxygen atoms in total. The van der Waals surface area contributed by atoms with E-state index < -0.39 is 0 Å². The van der Waals surface area contributed by atoms with Crippen molar-refractivity contribution in [2.24, 2.45) is 5.41 Å². The molecule has 1 fully saturated rings. The third kappa shape index (κ3) is 3.87. The van der Waals surface area contributed by atoms with Crippen LogP contribution in [-0.2, 0) is 0 Å². The number of aliphatic hydroxyl groups is 1. The van der Waals surface area contributed by atoms with Gasteiger partial charge in [0.2, 0.25) is 0 Å². The molecule has 1 aromatic rings. The van der Waals surface area contributed by atoms with E-state index in [0.717, 1.165) is 37.7 Å². The van der Waals surface area contributed by atoms with Crippen molar-refractivity contribution in [1.82, 2.24) is 4.90 Å². The largest absolute Gasteiger partial charge is 0.393 e. The van der Waals surface area contributed by atoms with Crippen LogP contribution in [0, 0.1) is 5.41 Å². The number of anilines is 1. The van der Waals surface area contributed by atoms with Gasteiger partial charge in [0.25, 0.3) is 0 Å². The summed E-state index contributed by atoms with van der Waals surface area (Å²) in [6.45, 7) is 11.1. The minimum Gasteiger partial charge on any atom is -0.393 e. The predicted octanol–water partition coefficient (Wildman–Crippen LogP) is 2.87. The van der Waals surface area contributed by atoms with Crippen LogP contribution in [0.25, 0.3) is 0 Å². The SMILES string of the molecule is CC(O)C(C)(C)CN1CCN(c2cccc(Cl)c2)CC1. The molecule has 0 aliphatic carbocycles. The highest BCUT2D eigenvalue weighted by atomic mass is 35.5. The lowest BCUT2D eigenvalue weighted by atomic mass is 9.86. The van der Waals surface area contributed by atoms with Gasteiger partial charge in [0, 0.05) is 48.8 Å². The van der Waals surface area contributed by atoms with Crippen molar-refractivity contribution in [1.29, 1.82) is 0 Å². The van der Waals surface area contributed by atoms with Crippen LogP contribution in [0.15, 0.2) is 24.3 Å². The van der Waals surface area contributed by atoms with Gasteiger partial charge in [-0.3, -0.25) is 4.90 Å². The molecule has 1 unspecified atom stereocenters. The van der Waals surface area contributed by atoms with Crippen LogP contribution >= 0.6 is 11.6 Å². The Labute approximate surface area is 127 Å². The summed E-state index contributed by atoms with van der Waals surface area (Å²) in [5.41, 5.74) is 1.14. The van der Waals surface area contributed by atoms with Crippen LogP contribution in [-0.4, -0.2) is 48.8 Å². The van der Waals surface area contributed by atoms with Crippen LogP contribution in [0.1, 0.15) is 20.8 Å². The zero-order chi connectivity index (χ0) is 14.8. The molecule has 1 N–H and O–H groups in total. The number of hydrogen-bond donors (Lipinski definition) is 1. The van der Waals surface area contributed by atoms with Crippen LogP contribution in [0.3, 0.4) is 0 Å². The van der Waals surface area contributed by atoms with E-state index in [1.807, 2.05) is 25.1 Å². The number of rotatable bonds is 4. The van der Waals surface area contributed by atoms with E-state index in [0.29, 0.717) is 0 Å². The monoisotopic (exact) mass is 296 g/mol. The van der Waals surface area contributed by atoms with Gasteiger partial charge in [-0.15, -0.1) is 0 Å². The van der Waals surface area contributed by atoms with Gasteiger partial charge in [0.15, 0.2) is 0 Å². The fourth-order valence-corrected chi connectivity index (χ4v) is 2.73. The Bertz CT molecular complexity index is 440. The van der Waals surface area contributed by atoms with E-state index >= 15 is 0 Å². The molecule has 1 heterocycles. The molecular formula is C16H25ClN2O. The van der Waals surface area contributed by atoms with Gasteiger partial charge in [-0.1, -0.05) is 31.5 Å². The van der Waals surface area contributed by atoms with Crippen LogP contribution in [0.2, 0.25) is 5.02 Å². The van der Waals surface area contributed by atoms with Gasteiger partial charge < -0.3 is 10.0 Å². The number of nitrogens with zero attached hydrogens (tertiary/aromatic N) is 2. The van der Waals surface area contributed by atoms with Crippen LogP contribution < -0.4 is 4.90 Å². The highest BCUT2D eigenvalue weighted by Crippen LogP contribution is 2.24. The number of halogens is 1. The summed E-state index contributed by atoms with van der Waals surface area (Å²) >= 11 is 6.05. The van der Waals surface area contributed by atoms with E-state index in [9.17, 15) is 5.11 Å². The van der Waals surface area contributed by atoms with E-state index in [1.54, 1.807) is 0 Å². The zero-order valence-corrected chi connectivity index (χ0v) is 13.4. The summed E-state index contributed by atoms with van der Waals surface area (Å²) in [6, 6.07) is 8.05. The fraction of sp³-hybridized carbons (Fsp3) is 0.625. The molecule has 112 valence electrons. The van der Waals surface area contributed by atoms with E-state index in [1.165, 1.54) is 5.69 Å². The van der Waals surface area contributed by atoms with Crippen molar-refractivity contribution in [3.63, 3.8) is 0 Å². The first-order valence-corrected chi connectivity index (χ1v) is 7.67. The normalized spacial score (nSPS) is 19.1. The highest BCUT2D eigenvalue weighted by Gasteiger charge is 2.28. The molecule has 0 aromatic heterocycles. The van der Waals surface area contributed by atoms with Gasteiger partial charge in [-0.2, -0.15) is 0 Å². The van der Waals surface area contributed by atoms with Crippen molar-refractivity contribution in [2.45, 2.75) is 26.9 Å². The molecule has 20 heavy (non-hydrogen) atoms. The van der Waals surface area contributed by atoms with Gasteiger partial charge in [0.1, 0.15) is 0 Å². The molecule has 2 rings (SSSR count). The third-order valence-electron chi connectivity index (χ3n) is 4.31. The van der Waals surface area contributed by atoms with Crippen molar-refractivity contribution in [3.05, 3.63) is 29.3 Å². The van der Waals surface area contributed by atoms with Gasteiger partial charge in [-0.25, -0.2) is 0 Å². The minimum absolute atomic E-state index is 0.0573. The maximum Gasteiger partial charge on any atom is 0.0575 e. The van der Waals surface area contributed by atoms with Gasteiger partial charge in [-0.05, 0) is 25.1 Å². The molecule has 1 aliphatic heterocycles. The molecular weight excluding hydrogens is 272 g/mol. The minimum atomic E-state index is -0.284. The van der Waals surface area contributed by atoms with Crippen LogP contribution in [0.4, 0.5) is 5.69 Å². The maximum absolute atomic E-state index is 9.82. The Kier molecular flexibility index (Phi) is 4.95. The third-order valence-corrected chi connectivity index (χ3v) is 4.54. The second-order valence-corrected chi connectivity index (χ2v) is 6.84. The van der Waals surface area contributed by atoms with Crippen LogP contribution in [0.5, 0.6) is 0 Å². The number of piperazine rings is 1. The summed E-state index contributed by atoms with van der Waals surface area (Å²) in [6.07, 6.45) is -0.284. The molecule has 0 amide bonds. The Morgan fingerprint density at radius 1 is 1.25 bits per heavy atom. The molecule has 0 bridgehead atoms. The number of hydrogen-bond acceptors (Lipinski definition) is 3. The Hall–Kier alpha value is -0.770. The first-order valence-electron chi connectivity index (χ1n) is 7.29. The van der Waals surface area contributed by atoms with Crippen molar-refractivity contribution < 1.29 is 5.11 Å². The predicted molar refractivity (Wildman–Crippen MR) is 85.6 cm³/mol. The molecule has 1 saturated heterocycles. The second kappa shape index (κ2) is 6.33. The lowest BCUT2D eigenvalue weighted by Gasteiger charge is -2.40. The summed E-state index contributed by atoms with van der Waals surface area (Å²) < 4.78 is 0. The molecule has 4 heteroatoms. The molecule has 1 aromatic carbocycles. The quantitative estimate of drug-likeness (QED) is 0.925. The number of benzene rings is 1. The standard InChI is InChI=1S/C16H25ClN2O/c1-13(20)16(2,3)12-18-7-9-19(10-8-18)15-6-4-5-14(17)11-15/h4-6,11,13,20H,7-10,12H2,1-3H3. The van der Waals surface area contributed by atoms with Crippen molar-refractivity contribution >= 4 is 17.3 Å². The lowest BCUT2D eigenvalue weighted by molar-refractivity contribution is 0.0330. The average Bonchev–Trinajstić information content (AvgIpc) is 2.39. The van der Waals surface area contributed by atoms with Crippen molar-refractivity contribution in [3.8, 4) is 0 Å². The summed E-state index contributed by atoms with van der Waals surface area (Å²) in [5, 5.41) is 10.6. The maximum atomic E-state index is 9.82. The second-order valence-electron chi connectivity index (χ2n) is 6.41. The number of aliphatic hydroxyl groups excluding tert-OH is 1. The molecule has 0 saturated carbocycles. The van der Waals surface area contributed by atoms with E-state index in [2.05, 4.69) is 29.7 Å². The summed E-state index contributed by atoms with van der Waals surface area (Å²) in [5.74, 6) is 0. The van der Waals surface area contributed by atoms with Gasteiger partial charge in [0.05, 0.1) is 6.10 Å². The average molecular weight is 297 g/mol. The Morgan fingerprint density at radius 3 is 2.45 bits per heavy atom. The smallest absolute Gasteiger partial charge is 0.0575 e. The van der Waals surface area contributed by atoms with Gasteiger partial charge >= 0.3 is 0 Å². The summed E-state index contributed by atoms with van der Waals surface area (Å²) in [7, 11) is 0. The molecule has 0 radical (unpaired) electrons. The molecule has 1 aliphatic rings. The highest BCUT2D eigenvalue weighted by molar-refractivity contribution is 6.30. The Balaban J connectivity index is 1.90. The summed E-state index contributed by atoms with van der Waals surface area (Å²) in [4.78, 5) is 4.81. The Morgan fingerprint density at radius 2 is 1.90 bits per heavy atom. The molecule has 0 spiro atoms. The lowest BCUT2D eigenvalue weighted by Crippen LogP contribution is -2.50. The molecule has 1 atom stereocenters. The van der Waals surface area contributed by atoms with E-state index in [4.69, 9.17) is 11.6 Å². The first-order chi connectivity index (χ1) is 9.38. The fourth-order valence-electron chi connectivity index (χ4n) is 2.55. The topological polar surface area (TPSA) is 26.7 Å². The van der Waals surface area contributed by atoms with E-state index in [-0.39, 0.29) is 11.5 Å². The first kappa shape index (κ1) is 15.6. The van der Waals surface area contributed by atoms with Crippen molar-refractivity contribution in [2.75, 3.05) is 37.6 Å². The zero-order valence-electron chi connectivity index (χ0n) is 12.6.